The highest BCUT2D eigenvalue weighted by molar-refractivity contribution is 7.16. The van der Waals surface area contributed by atoms with E-state index in [1.807, 2.05) is 20.8 Å². The van der Waals surface area contributed by atoms with Crippen LogP contribution in [-0.4, -0.2) is 25.7 Å². The van der Waals surface area contributed by atoms with E-state index in [4.69, 9.17) is 14.2 Å². The molecule has 34 heavy (non-hydrogen) atoms. The van der Waals surface area contributed by atoms with Crippen LogP contribution in [0.4, 0.5) is 5.00 Å². The second-order valence-corrected chi connectivity index (χ2v) is 10.3. The van der Waals surface area contributed by atoms with Gasteiger partial charge in [-0.25, -0.2) is 0 Å². The molecule has 1 heterocycles. The van der Waals surface area contributed by atoms with Gasteiger partial charge in [0.25, 0.3) is 5.91 Å². The standard InChI is InChI=1S/C27H36N2O4S/c1-7-27(5,6)18-11-12-19-20(16-28)26(34-23(19)15-18)29-25(30)17-13-21(31-8-2)24(33-10-4)22(14-17)32-9-3/h13-14,18H,7-12,15H2,1-6H3,(H,29,30). The highest BCUT2D eigenvalue weighted by Gasteiger charge is 2.34. The van der Waals surface area contributed by atoms with Crippen molar-refractivity contribution in [2.45, 2.75) is 67.2 Å². The van der Waals surface area contributed by atoms with Crippen LogP contribution in [0.2, 0.25) is 0 Å². The first-order valence-electron chi connectivity index (χ1n) is 12.2. The topological polar surface area (TPSA) is 80.6 Å². The van der Waals surface area contributed by atoms with Crippen molar-refractivity contribution in [3.05, 3.63) is 33.7 Å². The Labute approximate surface area is 207 Å². The minimum Gasteiger partial charge on any atom is -0.490 e. The van der Waals surface area contributed by atoms with Crippen LogP contribution in [0.5, 0.6) is 17.2 Å². The van der Waals surface area contributed by atoms with Crippen molar-refractivity contribution < 1.29 is 19.0 Å². The predicted octanol–water partition coefficient (Wildman–Crippen LogP) is 6.61. The lowest BCUT2D eigenvalue weighted by Gasteiger charge is -2.36. The molecule has 0 aliphatic heterocycles. The third-order valence-electron chi connectivity index (χ3n) is 6.79. The maximum Gasteiger partial charge on any atom is 0.256 e. The summed E-state index contributed by atoms with van der Waals surface area (Å²) >= 11 is 1.54. The largest absolute Gasteiger partial charge is 0.490 e. The van der Waals surface area contributed by atoms with Crippen molar-refractivity contribution in [2.75, 3.05) is 25.1 Å². The van der Waals surface area contributed by atoms with Crippen molar-refractivity contribution in [3.8, 4) is 23.3 Å². The van der Waals surface area contributed by atoms with E-state index in [1.54, 1.807) is 12.1 Å². The number of rotatable bonds is 10. The van der Waals surface area contributed by atoms with Gasteiger partial charge in [0.1, 0.15) is 11.1 Å². The van der Waals surface area contributed by atoms with Crippen LogP contribution in [-0.2, 0) is 12.8 Å². The van der Waals surface area contributed by atoms with E-state index in [0.717, 1.165) is 31.2 Å². The molecule has 0 radical (unpaired) electrons. The summed E-state index contributed by atoms with van der Waals surface area (Å²) in [7, 11) is 0. The SMILES string of the molecule is CCOc1cc(C(=O)Nc2sc3c(c2C#N)CCC(C(C)(C)CC)C3)cc(OCC)c1OCC. The third-order valence-corrected chi connectivity index (χ3v) is 7.96. The summed E-state index contributed by atoms with van der Waals surface area (Å²) in [5, 5.41) is 13.5. The van der Waals surface area contributed by atoms with Crippen LogP contribution in [0.15, 0.2) is 12.1 Å². The lowest BCUT2D eigenvalue weighted by Crippen LogP contribution is -2.28. The Morgan fingerprint density at radius 2 is 1.74 bits per heavy atom. The van der Waals surface area contributed by atoms with Crippen LogP contribution in [0.1, 0.15) is 80.7 Å². The van der Waals surface area contributed by atoms with E-state index in [1.165, 1.54) is 16.2 Å². The van der Waals surface area contributed by atoms with Crippen molar-refractivity contribution >= 4 is 22.2 Å². The van der Waals surface area contributed by atoms with Crippen LogP contribution < -0.4 is 19.5 Å². The molecule has 1 aromatic heterocycles. The summed E-state index contributed by atoms with van der Waals surface area (Å²) in [5.74, 6) is 1.71. The quantitative estimate of drug-likeness (QED) is 0.410. The molecule has 0 saturated carbocycles. The lowest BCUT2D eigenvalue weighted by atomic mass is 9.69. The maximum atomic E-state index is 13.3. The van der Waals surface area contributed by atoms with E-state index >= 15 is 0 Å². The fraction of sp³-hybridized carbons (Fsp3) is 0.556. The van der Waals surface area contributed by atoms with Crippen molar-refractivity contribution in [3.63, 3.8) is 0 Å². The molecule has 1 aromatic carbocycles. The van der Waals surface area contributed by atoms with E-state index in [9.17, 15) is 10.1 Å². The minimum absolute atomic E-state index is 0.256. The molecule has 1 aliphatic rings. The molecule has 1 atom stereocenters. The molecular weight excluding hydrogens is 448 g/mol. The van der Waals surface area contributed by atoms with E-state index in [2.05, 4.69) is 32.2 Å². The second-order valence-electron chi connectivity index (χ2n) is 9.16. The zero-order valence-electron chi connectivity index (χ0n) is 21.2. The Balaban J connectivity index is 1.92. The lowest BCUT2D eigenvalue weighted by molar-refractivity contribution is 0.102. The number of fused-ring (bicyclic) bond motifs is 1. The van der Waals surface area contributed by atoms with Crippen LogP contribution in [0.25, 0.3) is 0 Å². The molecule has 184 valence electrons. The molecule has 3 rings (SSSR count). The number of hydrogen-bond acceptors (Lipinski definition) is 6. The van der Waals surface area contributed by atoms with Crippen molar-refractivity contribution in [1.29, 1.82) is 5.26 Å². The van der Waals surface area contributed by atoms with Gasteiger partial charge in [0.15, 0.2) is 11.5 Å². The fourth-order valence-electron chi connectivity index (χ4n) is 4.44. The molecule has 0 bridgehead atoms. The zero-order chi connectivity index (χ0) is 24.9. The summed E-state index contributed by atoms with van der Waals surface area (Å²) in [6, 6.07) is 5.69. The van der Waals surface area contributed by atoms with Gasteiger partial charge in [-0.3, -0.25) is 4.79 Å². The summed E-state index contributed by atoms with van der Waals surface area (Å²) in [4.78, 5) is 14.5. The Morgan fingerprint density at radius 1 is 1.12 bits per heavy atom. The summed E-state index contributed by atoms with van der Waals surface area (Å²) in [5.41, 5.74) is 2.35. The first-order chi connectivity index (χ1) is 16.3. The Morgan fingerprint density at radius 3 is 2.26 bits per heavy atom. The van der Waals surface area contributed by atoms with Gasteiger partial charge in [-0.05, 0) is 69.1 Å². The fourth-order valence-corrected chi connectivity index (χ4v) is 5.72. The second kappa shape index (κ2) is 11.1. The first-order valence-corrected chi connectivity index (χ1v) is 13.0. The monoisotopic (exact) mass is 484 g/mol. The predicted molar refractivity (Wildman–Crippen MR) is 137 cm³/mol. The molecule has 1 aliphatic carbocycles. The van der Waals surface area contributed by atoms with E-state index in [-0.39, 0.29) is 11.3 Å². The van der Waals surface area contributed by atoms with Crippen LogP contribution >= 0.6 is 11.3 Å². The van der Waals surface area contributed by atoms with Gasteiger partial charge in [0, 0.05) is 10.4 Å². The van der Waals surface area contributed by atoms with Crippen molar-refractivity contribution in [1.82, 2.24) is 0 Å². The number of ether oxygens (including phenoxy) is 3. The van der Waals surface area contributed by atoms with Gasteiger partial charge >= 0.3 is 0 Å². The highest BCUT2D eigenvalue weighted by atomic mass is 32.1. The Hall–Kier alpha value is -2.72. The number of carbonyl (C=O) groups is 1. The molecule has 2 aromatic rings. The molecule has 1 amide bonds. The number of thiophene rings is 1. The summed E-state index contributed by atoms with van der Waals surface area (Å²) in [6.07, 6.45) is 4.03. The number of nitriles is 1. The number of amides is 1. The first kappa shape index (κ1) is 25.9. The maximum absolute atomic E-state index is 13.3. The zero-order valence-corrected chi connectivity index (χ0v) is 22.0. The van der Waals surface area contributed by atoms with Gasteiger partial charge in [-0.2, -0.15) is 5.26 Å². The van der Waals surface area contributed by atoms with Gasteiger partial charge in [0.2, 0.25) is 5.75 Å². The van der Waals surface area contributed by atoms with Crippen molar-refractivity contribution in [2.24, 2.45) is 11.3 Å². The molecule has 7 heteroatoms. The molecular formula is C27H36N2O4S. The van der Waals surface area contributed by atoms with E-state index < -0.39 is 0 Å². The highest BCUT2D eigenvalue weighted by Crippen LogP contribution is 2.45. The average molecular weight is 485 g/mol. The molecule has 1 unspecified atom stereocenters. The number of benzene rings is 1. The summed E-state index contributed by atoms with van der Waals surface area (Å²) in [6.45, 7) is 13.8. The van der Waals surface area contributed by atoms with Crippen LogP contribution in [0.3, 0.4) is 0 Å². The smallest absolute Gasteiger partial charge is 0.256 e. The van der Waals surface area contributed by atoms with Gasteiger partial charge < -0.3 is 19.5 Å². The van der Waals surface area contributed by atoms with E-state index in [0.29, 0.717) is 59.1 Å². The molecule has 0 spiro atoms. The van der Waals surface area contributed by atoms with Gasteiger partial charge in [-0.15, -0.1) is 11.3 Å². The molecule has 1 N–H and O–H groups in total. The summed E-state index contributed by atoms with van der Waals surface area (Å²) < 4.78 is 17.2. The number of carbonyl (C=O) groups excluding carboxylic acids is 1. The van der Waals surface area contributed by atoms with Gasteiger partial charge in [-0.1, -0.05) is 27.2 Å². The molecule has 6 nitrogen and oxygen atoms in total. The molecule has 0 saturated heterocycles. The molecule has 0 fully saturated rings. The number of hydrogen-bond donors (Lipinski definition) is 1. The van der Waals surface area contributed by atoms with Crippen LogP contribution in [0, 0.1) is 22.7 Å². The number of anilines is 1. The Kier molecular flexibility index (Phi) is 8.48. The number of nitrogens with zero attached hydrogens (tertiary/aromatic N) is 1. The van der Waals surface area contributed by atoms with Gasteiger partial charge in [0.05, 0.1) is 25.4 Å². The number of nitrogens with one attached hydrogen (secondary N) is 1. The third kappa shape index (κ3) is 5.33. The Bertz CT molecular complexity index is 1040. The normalized spacial score (nSPS) is 15.3. The average Bonchev–Trinajstić information content (AvgIpc) is 3.17. The minimum atomic E-state index is -0.300.